The highest BCUT2D eigenvalue weighted by atomic mass is 16.6. The van der Waals surface area contributed by atoms with E-state index in [0.29, 0.717) is 0 Å². The van der Waals surface area contributed by atoms with E-state index in [1.165, 1.54) is 21.5 Å². The molecule has 0 aliphatic heterocycles. The Morgan fingerprint density at radius 2 is 1.24 bits per heavy atom. The summed E-state index contributed by atoms with van der Waals surface area (Å²) >= 11 is 0. The molecule has 5 nitrogen and oxygen atoms in total. The number of hydrogen-bond acceptors (Lipinski definition) is 3. The lowest BCUT2D eigenvalue weighted by atomic mass is 9.92. The molecular weight excluding hydrogens is 518 g/mol. The standard InChI is InChI=1S/C37H21N3O2/c41-40(42)26-19-20-27-30(21-26)33(22-9-3-1-4-10-22)35(25-11-5-2-6-12-25)39-36-29-16-8-14-24-18-17-23-13-7-15-28(31(23)32(24)29)34(36)38-37(27)39/h1-21H. The van der Waals surface area contributed by atoms with E-state index in [4.69, 9.17) is 4.98 Å². The van der Waals surface area contributed by atoms with E-state index in [1.807, 2.05) is 42.5 Å². The van der Waals surface area contributed by atoms with Crippen molar-refractivity contribution in [1.29, 1.82) is 0 Å². The van der Waals surface area contributed by atoms with Crippen molar-refractivity contribution in [2.45, 2.75) is 0 Å². The van der Waals surface area contributed by atoms with Gasteiger partial charge in [-0.25, -0.2) is 4.98 Å². The fraction of sp³-hybridized carbons (Fsp3) is 0. The van der Waals surface area contributed by atoms with E-state index >= 15 is 0 Å². The van der Waals surface area contributed by atoms with Gasteiger partial charge in [0.05, 0.1) is 21.7 Å². The summed E-state index contributed by atoms with van der Waals surface area (Å²) in [7, 11) is 0. The molecule has 9 rings (SSSR count). The van der Waals surface area contributed by atoms with Gasteiger partial charge in [-0.05, 0) is 38.7 Å². The van der Waals surface area contributed by atoms with Crippen LogP contribution in [0.2, 0.25) is 0 Å². The fourth-order valence-corrected chi connectivity index (χ4v) is 6.86. The molecule has 0 saturated heterocycles. The van der Waals surface area contributed by atoms with Gasteiger partial charge >= 0.3 is 0 Å². The van der Waals surface area contributed by atoms with Crippen LogP contribution in [-0.4, -0.2) is 14.3 Å². The van der Waals surface area contributed by atoms with Crippen LogP contribution in [0.4, 0.5) is 5.69 Å². The Labute approximate surface area is 239 Å². The maximum absolute atomic E-state index is 12.0. The number of nitro benzene ring substituents is 1. The molecule has 2 aromatic heterocycles. The molecule has 42 heavy (non-hydrogen) atoms. The summed E-state index contributed by atoms with van der Waals surface area (Å²) in [5, 5.41) is 20.7. The van der Waals surface area contributed by atoms with Gasteiger partial charge in [0, 0.05) is 39.2 Å². The van der Waals surface area contributed by atoms with Gasteiger partial charge in [0.1, 0.15) is 5.65 Å². The van der Waals surface area contributed by atoms with Crippen LogP contribution in [-0.2, 0) is 0 Å². The van der Waals surface area contributed by atoms with Gasteiger partial charge in [-0.15, -0.1) is 0 Å². The van der Waals surface area contributed by atoms with E-state index in [0.717, 1.165) is 60.6 Å². The molecule has 196 valence electrons. The van der Waals surface area contributed by atoms with Crippen molar-refractivity contribution in [1.82, 2.24) is 9.38 Å². The number of pyridine rings is 1. The van der Waals surface area contributed by atoms with Crippen LogP contribution in [0.15, 0.2) is 127 Å². The van der Waals surface area contributed by atoms with Gasteiger partial charge in [-0.2, -0.15) is 0 Å². The first-order valence-electron chi connectivity index (χ1n) is 13.9. The number of nitro groups is 1. The SMILES string of the molecule is O=[N+]([O-])c1ccc2c(c1)c(-c1ccccc1)c(-c1ccccc1)n1c2nc2c3cccc4ccc5cccc(c5c43)c21. The molecule has 0 spiro atoms. The van der Waals surface area contributed by atoms with Crippen molar-refractivity contribution in [2.75, 3.05) is 0 Å². The number of aromatic nitrogens is 2. The molecule has 0 bridgehead atoms. The van der Waals surface area contributed by atoms with Gasteiger partial charge < -0.3 is 0 Å². The zero-order valence-corrected chi connectivity index (χ0v) is 22.3. The zero-order chi connectivity index (χ0) is 27.9. The summed E-state index contributed by atoms with van der Waals surface area (Å²) in [5.74, 6) is 0. The van der Waals surface area contributed by atoms with Crippen molar-refractivity contribution in [3.05, 3.63) is 138 Å². The molecule has 9 aromatic rings. The molecule has 0 fully saturated rings. The van der Waals surface area contributed by atoms with Gasteiger partial charge in [0.25, 0.3) is 5.69 Å². The monoisotopic (exact) mass is 539 g/mol. The second-order valence-electron chi connectivity index (χ2n) is 10.8. The Balaban J connectivity index is 1.65. The van der Waals surface area contributed by atoms with E-state index in [2.05, 4.69) is 77.2 Å². The van der Waals surface area contributed by atoms with Crippen molar-refractivity contribution >= 4 is 65.5 Å². The van der Waals surface area contributed by atoms with Crippen LogP contribution < -0.4 is 0 Å². The Hall–Kier alpha value is -5.81. The summed E-state index contributed by atoms with van der Waals surface area (Å²) in [4.78, 5) is 17.1. The topological polar surface area (TPSA) is 60.4 Å². The molecule has 0 saturated carbocycles. The van der Waals surface area contributed by atoms with Gasteiger partial charge in [-0.3, -0.25) is 14.5 Å². The maximum Gasteiger partial charge on any atom is 0.270 e. The number of fused-ring (bicyclic) bond motifs is 7. The zero-order valence-electron chi connectivity index (χ0n) is 22.3. The number of imidazole rings is 1. The second-order valence-corrected chi connectivity index (χ2v) is 10.8. The number of nitrogens with zero attached hydrogens (tertiary/aromatic N) is 3. The molecular formula is C37H21N3O2. The molecule has 0 amide bonds. The molecule has 0 aliphatic carbocycles. The van der Waals surface area contributed by atoms with Crippen LogP contribution >= 0.6 is 0 Å². The van der Waals surface area contributed by atoms with E-state index in [9.17, 15) is 10.1 Å². The van der Waals surface area contributed by atoms with Crippen molar-refractivity contribution < 1.29 is 4.92 Å². The lowest BCUT2D eigenvalue weighted by Gasteiger charge is -2.18. The van der Waals surface area contributed by atoms with Crippen LogP contribution in [0.1, 0.15) is 0 Å². The summed E-state index contributed by atoms with van der Waals surface area (Å²) in [6, 6.07) is 42.9. The number of non-ortho nitro benzene ring substituents is 1. The predicted molar refractivity (Wildman–Crippen MR) is 171 cm³/mol. The van der Waals surface area contributed by atoms with Crippen molar-refractivity contribution in [3.63, 3.8) is 0 Å². The predicted octanol–water partition coefficient (Wildman–Crippen LogP) is 9.78. The van der Waals surface area contributed by atoms with Crippen LogP contribution in [0.5, 0.6) is 0 Å². The minimum Gasteiger partial charge on any atom is -0.290 e. The van der Waals surface area contributed by atoms with Crippen molar-refractivity contribution in [3.8, 4) is 22.4 Å². The van der Waals surface area contributed by atoms with Gasteiger partial charge in [-0.1, -0.05) is 109 Å². The Morgan fingerprint density at radius 3 is 1.93 bits per heavy atom. The largest absolute Gasteiger partial charge is 0.290 e. The maximum atomic E-state index is 12.0. The molecule has 0 N–H and O–H groups in total. The normalized spacial score (nSPS) is 12.0. The highest BCUT2D eigenvalue weighted by Crippen LogP contribution is 2.46. The average Bonchev–Trinajstić information content (AvgIpc) is 3.45. The van der Waals surface area contributed by atoms with Crippen molar-refractivity contribution in [2.24, 2.45) is 0 Å². The minimum atomic E-state index is -0.324. The summed E-state index contributed by atoms with van der Waals surface area (Å²) < 4.78 is 2.30. The quantitative estimate of drug-likeness (QED) is 0.128. The van der Waals surface area contributed by atoms with Gasteiger partial charge in [0.15, 0.2) is 0 Å². The fourth-order valence-electron chi connectivity index (χ4n) is 6.86. The first-order valence-corrected chi connectivity index (χ1v) is 13.9. The molecule has 0 radical (unpaired) electrons. The highest BCUT2D eigenvalue weighted by Gasteiger charge is 2.25. The number of hydrogen-bond donors (Lipinski definition) is 0. The van der Waals surface area contributed by atoms with Gasteiger partial charge in [0.2, 0.25) is 0 Å². The Morgan fingerprint density at radius 1 is 0.595 bits per heavy atom. The molecule has 5 heteroatoms. The summed E-state index contributed by atoms with van der Waals surface area (Å²) in [6.07, 6.45) is 0. The lowest BCUT2D eigenvalue weighted by molar-refractivity contribution is -0.384. The summed E-state index contributed by atoms with van der Waals surface area (Å²) in [5.41, 5.74) is 6.71. The second kappa shape index (κ2) is 8.35. The van der Waals surface area contributed by atoms with Crippen LogP contribution in [0.3, 0.4) is 0 Å². The number of benzene rings is 7. The minimum absolute atomic E-state index is 0.0568. The molecule has 0 unspecified atom stereocenters. The van der Waals surface area contributed by atoms with E-state index < -0.39 is 0 Å². The highest BCUT2D eigenvalue weighted by molar-refractivity contribution is 6.33. The molecule has 7 aromatic carbocycles. The van der Waals surface area contributed by atoms with Crippen LogP contribution in [0.25, 0.3) is 82.2 Å². The molecule has 0 aliphatic rings. The summed E-state index contributed by atoms with van der Waals surface area (Å²) in [6.45, 7) is 0. The molecule has 0 atom stereocenters. The third-order valence-electron chi connectivity index (χ3n) is 8.57. The van der Waals surface area contributed by atoms with E-state index in [1.54, 1.807) is 12.1 Å². The first kappa shape index (κ1) is 22.9. The third kappa shape index (κ3) is 2.99. The lowest BCUT2D eigenvalue weighted by Crippen LogP contribution is -2.00. The van der Waals surface area contributed by atoms with E-state index in [-0.39, 0.29) is 10.6 Å². The smallest absolute Gasteiger partial charge is 0.270 e. The number of rotatable bonds is 3. The Kier molecular flexibility index (Phi) is 4.56. The van der Waals surface area contributed by atoms with Crippen LogP contribution in [0, 0.1) is 10.1 Å². The Bertz CT molecular complexity index is 2530. The average molecular weight is 540 g/mol. The molecule has 2 heterocycles. The third-order valence-corrected chi connectivity index (χ3v) is 8.57. The first-order chi connectivity index (χ1) is 20.7.